The fourth-order valence-corrected chi connectivity index (χ4v) is 4.81. The molecule has 5 heteroatoms. The minimum absolute atomic E-state index is 0.0921. The van der Waals surface area contributed by atoms with Gasteiger partial charge in [0.1, 0.15) is 11.5 Å². The normalized spacial score (nSPS) is 39.3. The molecule has 23 heavy (non-hydrogen) atoms. The summed E-state index contributed by atoms with van der Waals surface area (Å²) in [6, 6.07) is 0.314. The summed E-state index contributed by atoms with van der Waals surface area (Å²) in [7, 11) is 0. The lowest BCUT2D eigenvalue weighted by Gasteiger charge is -2.32. The molecule has 0 N–H and O–H groups in total. The lowest BCUT2D eigenvalue weighted by molar-refractivity contribution is -0.157. The highest BCUT2D eigenvalue weighted by atomic mass is 16.6. The molecule has 0 radical (unpaired) electrons. The van der Waals surface area contributed by atoms with E-state index < -0.39 is 17.4 Å². The van der Waals surface area contributed by atoms with Crippen LogP contribution in [0.3, 0.4) is 0 Å². The molecule has 1 saturated carbocycles. The zero-order chi connectivity index (χ0) is 16.2. The Morgan fingerprint density at radius 1 is 1.35 bits per heavy atom. The monoisotopic (exact) mass is 319 g/mol. The Kier molecular flexibility index (Phi) is 3.52. The molecule has 4 rings (SSSR count). The average molecular weight is 319 g/mol. The number of hydrogen-bond acceptors (Lipinski definition) is 4. The topological polar surface area (TPSA) is 55.8 Å². The van der Waals surface area contributed by atoms with Crippen molar-refractivity contribution < 1.29 is 19.1 Å². The predicted molar refractivity (Wildman–Crippen MR) is 83.5 cm³/mol. The van der Waals surface area contributed by atoms with E-state index in [1.54, 1.807) is 0 Å². The van der Waals surface area contributed by atoms with Crippen molar-refractivity contribution in [2.45, 2.75) is 69.8 Å². The maximum atomic E-state index is 13.1. The summed E-state index contributed by atoms with van der Waals surface area (Å²) in [5, 5.41) is 0. The summed E-state index contributed by atoms with van der Waals surface area (Å²) in [6.07, 6.45) is 9.26. The highest BCUT2D eigenvalue weighted by Gasteiger charge is 2.67. The maximum absolute atomic E-state index is 13.1. The molecule has 3 heterocycles. The van der Waals surface area contributed by atoms with E-state index in [2.05, 4.69) is 0 Å². The minimum Gasteiger partial charge on any atom is -0.463 e. The van der Waals surface area contributed by atoms with Gasteiger partial charge in [0, 0.05) is 6.04 Å². The van der Waals surface area contributed by atoms with Gasteiger partial charge in [-0.25, -0.2) is 0 Å². The molecule has 0 aromatic carbocycles. The third-order valence-corrected chi connectivity index (χ3v) is 5.77. The number of nitrogens with zero attached hydrogens (tertiary/aromatic N) is 1. The Bertz CT molecular complexity index is 551. The second kappa shape index (κ2) is 5.33. The summed E-state index contributed by atoms with van der Waals surface area (Å²) in [5.74, 6) is -1.08. The lowest BCUT2D eigenvalue weighted by atomic mass is 9.77. The van der Waals surface area contributed by atoms with Crippen LogP contribution in [0.5, 0.6) is 0 Å². The van der Waals surface area contributed by atoms with Gasteiger partial charge in [0.05, 0.1) is 24.7 Å². The number of likely N-dealkylation sites (tertiary alicyclic amines) is 1. The second-order valence-electron chi connectivity index (χ2n) is 7.64. The largest absolute Gasteiger partial charge is 0.463 e. The van der Waals surface area contributed by atoms with Gasteiger partial charge in [0.25, 0.3) is 0 Å². The van der Waals surface area contributed by atoms with Gasteiger partial charge in [-0.05, 0) is 26.7 Å². The summed E-state index contributed by atoms with van der Waals surface area (Å²) >= 11 is 0. The highest BCUT2D eigenvalue weighted by Crippen LogP contribution is 2.53. The quantitative estimate of drug-likeness (QED) is 0.590. The van der Waals surface area contributed by atoms with Gasteiger partial charge in [-0.3, -0.25) is 9.59 Å². The molecule has 1 spiro atoms. The molecule has 1 aliphatic carbocycles. The Labute approximate surface area is 137 Å². The summed E-state index contributed by atoms with van der Waals surface area (Å²) in [5.41, 5.74) is -0.597. The van der Waals surface area contributed by atoms with Crippen molar-refractivity contribution in [2.24, 2.45) is 11.8 Å². The first-order valence-electron chi connectivity index (χ1n) is 8.90. The molecule has 1 amide bonds. The fourth-order valence-electron chi connectivity index (χ4n) is 4.81. The summed E-state index contributed by atoms with van der Waals surface area (Å²) in [6.45, 7) is 4.27. The number of amides is 1. The zero-order valence-electron chi connectivity index (χ0n) is 13.9. The Balaban J connectivity index is 1.59. The first-order valence-corrected chi connectivity index (χ1v) is 8.90. The van der Waals surface area contributed by atoms with Crippen LogP contribution in [-0.4, -0.2) is 47.2 Å². The summed E-state index contributed by atoms with van der Waals surface area (Å²) in [4.78, 5) is 27.6. The number of hydrogen-bond donors (Lipinski definition) is 0. The van der Waals surface area contributed by atoms with Gasteiger partial charge >= 0.3 is 5.97 Å². The van der Waals surface area contributed by atoms with Gasteiger partial charge in [-0.15, -0.1) is 0 Å². The Morgan fingerprint density at radius 2 is 2.09 bits per heavy atom. The first-order chi connectivity index (χ1) is 11.0. The van der Waals surface area contributed by atoms with Crippen LogP contribution < -0.4 is 0 Å². The molecule has 5 nitrogen and oxygen atoms in total. The third kappa shape index (κ3) is 2.24. The predicted octanol–water partition coefficient (Wildman–Crippen LogP) is 2.05. The van der Waals surface area contributed by atoms with Crippen molar-refractivity contribution in [2.75, 3.05) is 6.54 Å². The molecule has 0 aromatic rings. The van der Waals surface area contributed by atoms with Crippen LogP contribution in [0.15, 0.2) is 12.2 Å². The molecule has 4 atom stereocenters. The smallest absolute Gasteiger partial charge is 0.313 e. The van der Waals surface area contributed by atoms with E-state index in [4.69, 9.17) is 9.47 Å². The number of rotatable bonds is 3. The SMILES string of the molecule is CC(C)OC(=O)C1C2C=CC3(CN(C4CCCCC4)C(=O)C13)O2. The molecule has 0 aromatic heterocycles. The van der Waals surface area contributed by atoms with Gasteiger partial charge < -0.3 is 14.4 Å². The number of carbonyl (C=O) groups is 2. The van der Waals surface area contributed by atoms with E-state index in [1.165, 1.54) is 19.3 Å². The lowest BCUT2D eigenvalue weighted by Crippen LogP contribution is -2.42. The number of esters is 1. The van der Waals surface area contributed by atoms with Crippen molar-refractivity contribution in [1.29, 1.82) is 0 Å². The standard InChI is InChI=1S/C18H25NO4/c1-11(2)22-17(21)14-13-8-9-18(23-13)10-19(16(20)15(14)18)12-6-4-3-5-7-12/h8-9,11-15H,3-7,10H2,1-2H3. The van der Waals surface area contributed by atoms with Crippen molar-refractivity contribution >= 4 is 11.9 Å². The van der Waals surface area contributed by atoms with E-state index in [1.807, 2.05) is 30.9 Å². The molecular formula is C18H25NO4. The van der Waals surface area contributed by atoms with Crippen LogP contribution >= 0.6 is 0 Å². The molecular weight excluding hydrogens is 294 g/mol. The molecule has 3 aliphatic heterocycles. The van der Waals surface area contributed by atoms with Gasteiger partial charge in [-0.2, -0.15) is 0 Å². The zero-order valence-corrected chi connectivity index (χ0v) is 13.9. The summed E-state index contributed by atoms with van der Waals surface area (Å²) < 4.78 is 11.5. The van der Waals surface area contributed by atoms with Crippen LogP contribution in [0.1, 0.15) is 46.0 Å². The van der Waals surface area contributed by atoms with Gasteiger partial charge in [0.2, 0.25) is 5.91 Å². The average Bonchev–Trinajstić information content (AvgIpc) is 3.16. The van der Waals surface area contributed by atoms with Gasteiger partial charge in [0.15, 0.2) is 0 Å². The molecule has 2 bridgehead atoms. The molecule has 2 saturated heterocycles. The van der Waals surface area contributed by atoms with E-state index in [0.717, 1.165) is 12.8 Å². The van der Waals surface area contributed by atoms with Crippen LogP contribution in [0.4, 0.5) is 0 Å². The van der Waals surface area contributed by atoms with Crippen LogP contribution in [-0.2, 0) is 19.1 Å². The van der Waals surface area contributed by atoms with E-state index in [9.17, 15) is 9.59 Å². The van der Waals surface area contributed by atoms with E-state index in [-0.39, 0.29) is 24.1 Å². The minimum atomic E-state index is -0.597. The number of ether oxygens (including phenoxy) is 2. The van der Waals surface area contributed by atoms with Crippen molar-refractivity contribution in [3.05, 3.63) is 12.2 Å². The second-order valence-corrected chi connectivity index (χ2v) is 7.64. The van der Waals surface area contributed by atoms with Crippen LogP contribution in [0, 0.1) is 11.8 Å². The maximum Gasteiger partial charge on any atom is 0.313 e. The van der Waals surface area contributed by atoms with Gasteiger partial charge in [-0.1, -0.05) is 31.4 Å². The molecule has 126 valence electrons. The molecule has 4 unspecified atom stereocenters. The number of carbonyl (C=O) groups excluding carboxylic acids is 2. The third-order valence-electron chi connectivity index (χ3n) is 5.77. The van der Waals surface area contributed by atoms with E-state index in [0.29, 0.717) is 12.6 Å². The van der Waals surface area contributed by atoms with Crippen molar-refractivity contribution in [3.63, 3.8) is 0 Å². The molecule has 3 fully saturated rings. The number of fused-ring (bicyclic) bond motifs is 1. The van der Waals surface area contributed by atoms with Crippen molar-refractivity contribution in [1.82, 2.24) is 4.90 Å². The molecule has 4 aliphatic rings. The van der Waals surface area contributed by atoms with Crippen LogP contribution in [0.25, 0.3) is 0 Å². The van der Waals surface area contributed by atoms with Crippen molar-refractivity contribution in [3.8, 4) is 0 Å². The van der Waals surface area contributed by atoms with E-state index >= 15 is 0 Å². The van der Waals surface area contributed by atoms with Crippen LogP contribution in [0.2, 0.25) is 0 Å². The fraction of sp³-hybridized carbons (Fsp3) is 0.778. The Morgan fingerprint density at radius 3 is 2.78 bits per heavy atom. The Hall–Kier alpha value is -1.36. The first kappa shape index (κ1) is 15.2. The highest BCUT2D eigenvalue weighted by molar-refractivity contribution is 5.91.